The Morgan fingerprint density at radius 1 is 1.06 bits per heavy atom. The molecule has 0 spiro atoms. The molecule has 31 heavy (non-hydrogen) atoms. The van der Waals surface area contributed by atoms with Gasteiger partial charge in [-0.2, -0.15) is 0 Å². The summed E-state index contributed by atoms with van der Waals surface area (Å²) in [5, 5.41) is 1.13. The highest BCUT2D eigenvalue weighted by Gasteiger charge is 2.44. The summed E-state index contributed by atoms with van der Waals surface area (Å²) < 4.78 is 20.1. The van der Waals surface area contributed by atoms with Crippen molar-refractivity contribution in [1.82, 2.24) is 9.97 Å². The van der Waals surface area contributed by atoms with Gasteiger partial charge in [-0.1, -0.05) is 30.3 Å². The minimum atomic E-state index is -0.904. The highest BCUT2D eigenvalue weighted by molar-refractivity contribution is 14.1. The van der Waals surface area contributed by atoms with E-state index in [9.17, 15) is 0 Å². The summed E-state index contributed by atoms with van der Waals surface area (Å²) in [6.45, 7) is 1.03. The van der Waals surface area contributed by atoms with E-state index in [4.69, 9.17) is 30.8 Å². The molecule has 3 aromatic rings. The Morgan fingerprint density at radius 2 is 1.90 bits per heavy atom. The third-order valence-corrected chi connectivity index (χ3v) is 6.60. The largest absolute Gasteiger partial charge is 0.358 e. The van der Waals surface area contributed by atoms with Gasteiger partial charge in [0.05, 0.1) is 23.9 Å². The third kappa shape index (κ3) is 4.73. The van der Waals surface area contributed by atoms with Crippen molar-refractivity contribution in [3.8, 4) is 0 Å². The standard InChI is InChI=1S/C24H24ClIN2O3/c25-23-27-20-12-9-17(26)14-19(20)22(28-23)24(31-18-10-11-18,16-6-2-1-3-7-16)15-30-21-8-4-5-13-29-21/h1-3,6-7,9,12,14,18,21H,4-5,8,10-11,13,15H2/t21?,24-/m0/s1. The van der Waals surface area contributed by atoms with Gasteiger partial charge in [-0.05, 0) is 90.1 Å². The second kappa shape index (κ2) is 9.27. The molecule has 1 aliphatic heterocycles. The quantitative estimate of drug-likeness (QED) is 0.273. The van der Waals surface area contributed by atoms with Crippen molar-refractivity contribution in [3.05, 3.63) is 68.6 Å². The minimum Gasteiger partial charge on any atom is -0.358 e. The summed E-state index contributed by atoms with van der Waals surface area (Å²) in [5.41, 5.74) is 1.63. The van der Waals surface area contributed by atoms with E-state index in [0.717, 1.165) is 64.4 Å². The van der Waals surface area contributed by atoms with Gasteiger partial charge in [0.15, 0.2) is 11.9 Å². The Bertz CT molecular complexity index is 1060. The predicted molar refractivity (Wildman–Crippen MR) is 128 cm³/mol. The summed E-state index contributed by atoms with van der Waals surface area (Å²) in [4.78, 5) is 9.20. The van der Waals surface area contributed by atoms with Crippen LogP contribution in [0.25, 0.3) is 10.9 Å². The zero-order valence-corrected chi connectivity index (χ0v) is 20.0. The predicted octanol–water partition coefficient (Wildman–Crippen LogP) is 5.85. The zero-order valence-electron chi connectivity index (χ0n) is 17.1. The van der Waals surface area contributed by atoms with Crippen LogP contribution in [0.2, 0.25) is 5.28 Å². The van der Waals surface area contributed by atoms with Crippen molar-refractivity contribution in [2.45, 2.75) is 50.1 Å². The molecule has 0 bridgehead atoms. The number of nitrogens with zero attached hydrogens (tertiary/aromatic N) is 2. The Balaban J connectivity index is 1.67. The molecule has 1 unspecified atom stereocenters. The molecule has 2 aromatic carbocycles. The number of aromatic nitrogens is 2. The summed E-state index contributed by atoms with van der Waals surface area (Å²) in [6.07, 6.45) is 5.06. The maximum absolute atomic E-state index is 6.78. The SMILES string of the molecule is Clc1nc([C@@](COC2CCCCO2)(OC2CC2)c2ccccc2)c2cc(I)ccc2n1. The molecule has 2 aliphatic rings. The lowest BCUT2D eigenvalue weighted by molar-refractivity contribution is -0.197. The molecule has 0 N–H and O–H groups in total. The summed E-state index contributed by atoms with van der Waals surface area (Å²) in [5.74, 6) is 0. The van der Waals surface area contributed by atoms with E-state index in [-0.39, 0.29) is 17.7 Å². The van der Waals surface area contributed by atoms with E-state index in [1.165, 1.54) is 0 Å². The molecule has 162 valence electrons. The number of ether oxygens (including phenoxy) is 3. The number of rotatable bonds is 7. The average molecular weight is 551 g/mol. The Labute approximate surface area is 200 Å². The molecular formula is C24H24ClIN2O3. The Kier molecular flexibility index (Phi) is 6.44. The van der Waals surface area contributed by atoms with Crippen molar-refractivity contribution in [3.63, 3.8) is 0 Å². The zero-order chi connectivity index (χ0) is 21.3. The molecular weight excluding hydrogens is 527 g/mol. The van der Waals surface area contributed by atoms with Gasteiger partial charge < -0.3 is 14.2 Å². The maximum atomic E-state index is 6.78. The number of halogens is 2. The molecule has 2 atom stereocenters. The van der Waals surface area contributed by atoms with Crippen molar-refractivity contribution in [2.75, 3.05) is 13.2 Å². The first-order valence-electron chi connectivity index (χ1n) is 10.7. The number of hydrogen-bond acceptors (Lipinski definition) is 5. The molecule has 7 heteroatoms. The molecule has 5 rings (SSSR count). The molecule has 1 aromatic heterocycles. The summed E-state index contributed by atoms with van der Waals surface area (Å²) in [7, 11) is 0. The van der Waals surface area contributed by atoms with Crippen LogP contribution in [-0.4, -0.2) is 35.6 Å². The fourth-order valence-electron chi connectivity index (χ4n) is 4.06. The Hall–Kier alpha value is -1.32. The van der Waals surface area contributed by atoms with Gasteiger partial charge >= 0.3 is 0 Å². The summed E-state index contributed by atoms with van der Waals surface area (Å²) in [6, 6.07) is 16.3. The van der Waals surface area contributed by atoms with Gasteiger partial charge in [0.1, 0.15) is 0 Å². The maximum Gasteiger partial charge on any atom is 0.223 e. The number of hydrogen-bond donors (Lipinski definition) is 0. The first-order valence-corrected chi connectivity index (χ1v) is 12.2. The van der Waals surface area contributed by atoms with Crippen LogP contribution < -0.4 is 0 Å². The molecule has 0 amide bonds. The van der Waals surface area contributed by atoms with Crippen molar-refractivity contribution in [2.24, 2.45) is 0 Å². The molecule has 1 aliphatic carbocycles. The van der Waals surface area contributed by atoms with E-state index in [0.29, 0.717) is 6.61 Å². The van der Waals surface area contributed by atoms with Crippen LogP contribution in [0, 0.1) is 3.57 Å². The van der Waals surface area contributed by atoms with E-state index < -0.39 is 5.60 Å². The molecule has 1 saturated carbocycles. The molecule has 2 fully saturated rings. The lowest BCUT2D eigenvalue weighted by atomic mass is 9.88. The third-order valence-electron chi connectivity index (χ3n) is 5.76. The molecule has 0 radical (unpaired) electrons. The second-order valence-corrected chi connectivity index (χ2v) is 9.70. The van der Waals surface area contributed by atoms with Gasteiger partial charge in [0.2, 0.25) is 5.28 Å². The van der Waals surface area contributed by atoms with Gasteiger partial charge in [-0.3, -0.25) is 0 Å². The first-order chi connectivity index (χ1) is 15.1. The van der Waals surface area contributed by atoms with Crippen LogP contribution in [0.3, 0.4) is 0 Å². The van der Waals surface area contributed by atoms with Crippen LogP contribution >= 0.6 is 34.2 Å². The highest BCUT2D eigenvalue weighted by Crippen LogP contribution is 2.43. The van der Waals surface area contributed by atoms with Crippen LogP contribution in [0.15, 0.2) is 48.5 Å². The van der Waals surface area contributed by atoms with E-state index >= 15 is 0 Å². The smallest absolute Gasteiger partial charge is 0.223 e. The second-order valence-electron chi connectivity index (χ2n) is 8.12. The Morgan fingerprint density at radius 3 is 2.65 bits per heavy atom. The number of fused-ring (bicyclic) bond motifs is 1. The topological polar surface area (TPSA) is 53.5 Å². The van der Waals surface area contributed by atoms with Crippen LogP contribution in [-0.2, 0) is 19.8 Å². The van der Waals surface area contributed by atoms with Gasteiger partial charge in [0, 0.05) is 15.6 Å². The van der Waals surface area contributed by atoms with Gasteiger partial charge in [0.25, 0.3) is 0 Å². The van der Waals surface area contributed by atoms with Crippen molar-refractivity contribution in [1.29, 1.82) is 0 Å². The fourth-order valence-corrected chi connectivity index (χ4v) is 4.72. The van der Waals surface area contributed by atoms with E-state index in [1.54, 1.807) is 0 Å². The lowest BCUT2D eigenvalue weighted by Gasteiger charge is -2.36. The normalized spacial score (nSPS) is 21.2. The van der Waals surface area contributed by atoms with Crippen molar-refractivity contribution >= 4 is 45.1 Å². The van der Waals surface area contributed by atoms with E-state index in [2.05, 4.69) is 45.8 Å². The number of benzene rings is 2. The van der Waals surface area contributed by atoms with Crippen LogP contribution in [0.4, 0.5) is 0 Å². The molecule has 1 saturated heterocycles. The van der Waals surface area contributed by atoms with Crippen LogP contribution in [0.5, 0.6) is 0 Å². The first kappa shape index (κ1) is 21.5. The molecule has 5 nitrogen and oxygen atoms in total. The van der Waals surface area contributed by atoms with E-state index in [1.807, 2.05) is 30.3 Å². The average Bonchev–Trinajstić information content (AvgIpc) is 3.62. The monoisotopic (exact) mass is 550 g/mol. The molecule has 2 heterocycles. The lowest BCUT2D eigenvalue weighted by Crippen LogP contribution is -2.41. The van der Waals surface area contributed by atoms with Crippen LogP contribution in [0.1, 0.15) is 43.4 Å². The highest BCUT2D eigenvalue weighted by atomic mass is 127. The minimum absolute atomic E-state index is 0.169. The van der Waals surface area contributed by atoms with Gasteiger partial charge in [-0.15, -0.1) is 0 Å². The van der Waals surface area contributed by atoms with Crippen molar-refractivity contribution < 1.29 is 14.2 Å². The summed E-state index contributed by atoms with van der Waals surface area (Å²) >= 11 is 8.72. The van der Waals surface area contributed by atoms with Gasteiger partial charge in [-0.25, -0.2) is 9.97 Å². The fraction of sp³-hybridized carbons (Fsp3) is 0.417.